The molecule has 0 bridgehead atoms. The number of anilines is 1. The molecule has 1 N–H and O–H groups in total. The van der Waals surface area contributed by atoms with Gasteiger partial charge in [0.2, 0.25) is 0 Å². The number of ether oxygens (including phenoxy) is 2. The van der Waals surface area contributed by atoms with Crippen molar-refractivity contribution in [3.8, 4) is 22.6 Å². The molecule has 0 saturated carbocycles. The van der Waals surface area contributed by atoms with Gasteiger partial charge in [-0.25, -0.2) is 9.97 Å². The SMILES string of the molecule is COc1cc2nc(C)nc(N[C@H](C)c3cccc(-c4cccc5cnccc45)c3)c2cc1OC. The lowest BCUT2D eigenvalue weighted by atomic mass is 9.96. The Morgan fingerprint density at radius 2 is 1.65 bits per heavy atom. The van der Waals surface area contributed by atoms with Crippen molar-refractivity contribution < 1.29 is 9.47 Å². The third kappa shape index (κ3) is 3.99. The molecule has 5 aromatic rings. The van der Waals surface area contributed by atoms with E-state index in [2.05, 4.69) is 70.7 Å². The van der Waals surface area contributed by atoms with Crippen LogP contribution in [0.5, 0.6) is 11.5 Å². The van der Waals surface area contributed by atoms with Crippen LogP contribution in [0.1, 0.15) is 24.4 Å². The van der Waals surface area contributed by atoms with Crippen LogP contribution in [-0.4, -0.2) is 29.2 Å². The van der Waals surface area contributed by atoms with E-state index in [0.29, 0.717) is 17.3 Å². The smallest absolute Gasteiger partial charge is 0.162 e. The molecule has 0 radical (unpaired) electrons. The molecular weight excluding hydrogens is 424 g/mol. The van der Waals surface area contributed by atoms with Crippen LogP contribution in [0.25, 0.3) is 32.8 Å². The zero-order chi connectivity index (χ0) is 23.7. The summed E-state index contributed by atoms with van der Waals surface area (Å²) in [5.41, 5.74) is 4.32. The number of fused-ring (bicyclic) bond motifs is 2. The maximum absolute atomic E-state index is 5.51. The van der Waals surface area contributed by atoms with Crippen LogP contribution in [0, 0.1) is 6.92 Å². The first-order valence-corrected chi connectivity index (χ1v) is 11.2. The van der Waals surface area contributed by atoms with Crippen molar-refractivity contribution in [1.82, 2.24) is 15.0 Å². The number of methoxy groups -OCH3 is 2. The van der Waals surface area contributed by atoms with Crippen LogP contribution in [0.4, 0.5) is 5.82 Å². The van der Waals surface area contributed by atoms with Crippen molar-refractivity contribution >= 4 is 27.5 Å². The number of aromatic nitrogens is 3. The Morgan fingerprint density at radius 1 is 0.853 bits per heavy atom. The summed E-state index contributed by atoms with van der Waals surface area (Å²) in [6.45, 7) is 4.03. The summed E-state index contributed by atoms with van der Waals surface area (Å²) >= 11 is 0. The largest absolute Gasteiger partial charge is 0.493 e. The highest BCUT2D eigenvalue weighted by Crippen LogP contribution is 2.35. The summed E-state index contributed by atoms with van der Waals surface area (Å²) in [6, 6.07) is 20.8. The standard InChI is InChI=1S/C28H26N4O2/c1-17(30-28-24-14-26(33-3)27(34-4)15-25(24)31-18(2)32-28)19-7-5-8-20(13-19)22-10-6-9-21-16-29-12-11-23(21)22/h5-17H,1-4H3,(H,30,31,32)/t17-/m1/s1. The highest BCUT2D eigenvalue weighted by atomic mass is 16.5. The normalized spacial score (nSPS) is 12.0. The molecule has 0 unspecified atom stereocenters. The fraction of sp³-hybridized carbons (Fsp3) is 0.179. The van der Waals surface area contributed by atoms with Gasteiger partial charge in [0.1, 0.15) is 11.6 Å². The summed E-state index contributed by atoms with van der Waals surface area (Å²) in [6.07, 6.45) is 3.74. The van der Waals surface area contributed by atoms with E-state index < -0.39 is 0 Å². The molecule has 170 valence electrons. The number of nitrogens with zero attached hydrogens (tertiary/aromatic N) is 3. The summed E-state index contributed by atoms with van der Waals surface area (Å²) < 4.78 is 11.0. The topological polar surface area (TPSA) is 69.2 Å². The fourth-order valence-electron chi connectivity index (χ4n) is 4.32. The van der Waals surface area contributed by atoms with Gasteiger partial charge >= 0.3 is 0 Å². The van der Waals surface area contributed by atoms with Crippen molar-refractivity contribution in [2.45, 2.75) is 19.9 Å². The van der Waals surface area contributed by atoms with Crippen molar-refractivity contribution in [3.63, 3.8) is 0 Å². The van der Waals surface area contributed by atoms with Crippen LogP contribution >= 0.6 is 0 Å². The maximum Gasteiger partial charge on any atom is 0.162 e. The second-order valence-electron chi connectivity index (χ2n) is 8.24. The van der Waals surface area contributed by atoms with E-state index in [4.69, 9.17) is 14.5 Å². The van der Waals surface area contributed by atoms with E-state index in [1.54, 1.807) is 14.2 Å². The Kier molecular flexibility index (Phi) is 5.72. The molecule has 0 saturated heterocycles. The van der Waals surface area contributed by atoms with E-state index in [1.807, 2.05) is 31.5 Å². The number of benzene rings is 3. The average molecular weight is 451 g/mol. The molecule has 5 rings (SSSR count). The van der Waals surface area contributed by atoms with E-state index in [1.165, 1.54) is 10.9 Å². The lowest BCUT2D eigenvalue weighted by Gasteiger charge is -2.19. The highest BCUT2D eigenvalue weighted by molar-refractivity contribution is 5.96. The third-order valence-electron chi connectivity index (χ3n) is 6.04. The first-order valence-electron chi connectivity index (χ1n) is 11.2. The predicted octanol–water partition coefficient (Wildman–Crippen LogP) is 6.34. The highest BCUT2D eigenvalue weighted by Gasteiger charge is 2.15. The van der Waals surface area contributed by atoms with E-state index in [9.17, 15) is 0 Å². The van der Waals surface area contributed by atoms with Gasteiger partial charge < -0.3 is 14.8 Å². The monoisotopic (exact) mass is 450 g/mol. The fourth-order valence-corrected chi connectivity index (χ4v) is 4.32. The lowest BCUT2D eigenvalue weighted by molar-refractivity contribution is 0.356. The minimum absolute atomic E-state index is 0.0159. The summed E-state index contributed by atoms with van der Waals surface area (Å²) in [7, 11) is 3.25. The molecule has 2 heterocycles. The molecule has 6 nitrogen and oxygen atoms in total. The van der Waals surface area contributed by atoms with Crippen molar-refractivity contribution in [2.24, 2.45) is 0 Å². The molecule has 34 heavy (non-hydrogen) atoms. The molecule has 3 aromatic carbocycles. The van der Waals surface area contributed by atoms with Gasteiger partial charge in [-0.2, -0.15) is 0 Å². The predicted molar refractivity (Wildman–Crippen MR) is 137 cm³/mol. The minimum Gasteiger partial charge on any atom is -0.493 e. The first kappa shape index (κ1) is 21.6. The second kappa shape index (κ2) is 8.98. The van der Waals surface area contributed by atoms with Crippen LogP contribution in [-0.2, 0) is 0 Å². The first-order chi connectivity index (χ1) is 16.6. The van der Waals surface area contributed by atoms with Gasteiger partial charge in [0.25, 0.3) is 0 Å². The molecule has 0 amide bonds. The Balaban J connectivity index is 1.52. The van der Waals surface area contributed by atoms with Gasteiger partial charge in [-0.05, 0) is 54.1 Å². The Bertz CT molecular complexity index is 1490. The Labute approximate surface area is 198 Å². The van der Waals surface area contributed by atoms with Gasteiger partial charge in [-0.3, -0.25) is 4.98 Å². The molecule has 1 atom stereocenters. The molecule has 0 aliphatic rings. The Morgan fingerprint density at radius 3 is 2.47 bits per heavy atom. The average Bonchev–Trinajstić information content (AvgIpc) is 2.87. The molecule has 0 aliphatic carbocycles. The number of hydrogen-bond acceptors (Lipinski definition) is 6. The minimum atomic E-state index is 0.0159. The van der Waals surface area contributed by atoms with Crippen molar-refractivity contribution in [2.75, 3.05) is 19.5 Å². The van der Waals surface area contributed by atoms with E-state index in [0.717, 1.165) is 33.2 Å². The molecule has 0 fully saturated rings. The molecule has 0 spiro atoms. The van der Waals surface area contributed by atoms with E-state index >= 15 is 0 Å². The van der Waals surface area contributed by atoms with E-state index in [-0.39, 0.29) is 6.04 Å². The zero-order valence-corrected chi connectivity index (χ0v) is 19.7. The van der Waals surface area contributed by atoms with Crippen molar-refractivity contribution in [3.05, 3.63) is 84.4 Å². The van der Waals surface area contributed by atoms with Gasteiger partial charge in [0.15, 0.2) is 11.5 Å². The van der Waals surface area contributed by atoms with Crippen LogP contribution in [0.3, 0.4) is 0 Å². The number of aryl methyl sites for hydroxylation is 1. The van der Waals surface area contributed by atoms with Crippen LogP contribution in [0.15, 0.2) is 73.1 Å². The summed E-state index contributed by atoms with van der Waals surface area (Å²) in [5.74, 6) is 2.74. The lowest BCUT2D eigenvalue weighted by Crippen LogP contribution is -2.10. The number of rotatable bonds is 6. The third-order valence-corrected chi connectivity index (χ3v) is 6.04. The molecule has 6 heteroatoms. The van der Waals surface area contributed by atoms with Gasteiger partial charge in [-0.1, -0.05) is 36.4 Å². The Hall–Kier alpha value is -4.19. The second-order valence-corrected chi connectivity index (χ2v) is 8.24. The van der Waals surface area contributed by atoms with Gasteiger partial charge in [-0.15, -0.1) is 0 Å². The molecule has 2 aromatic heterocycles. The maximum atomic E-state index is 5.51. The molecule has 0 aliphatic heterocycles. The van der Waals surface area contributed by atoms with Crippen LogP contribution < -0.4 is 14.8 Å². The number of nitrogens with one attached hydrogen (secondary N) is 1. The zero-order valence-electron chi connectivity index (χ0n) is 19.7. The van der Waals surface area contributed by atoms with Gasteiger partial charge in [0.05, 0.1) is 19.7 Å². The van der Waals surface area contributed by atoms with Crippen molar-refractivity contribution in [1.29, 1.82) is 0 Å². The van der Waals surface area contributed by atoms with Crippen LogP contribution in [0.2, 0.25) is 0 Å². The summed E-state index contributed by atoms with van der Waals surface area (Å²) in [4.78, 5) is 13.5. The summed E-state index contributed by atoms with van der Waals surface area (Å²) in [5, 5.41) is 6.79. The molecular formula is C28H26N4O2. The number of pyridine rings is 1. The number of hydrogen-bond donors (Lipinski definition) is 1. The van der Waals surface area contributed by atoms with Gasteiger partial charge in [0, 0.05) is 35.3 Å². The quantitative estimate of drug-likeness (QED) is 0.325.